The van der Waals surface area contributed by atoms with Crippen molar-refractivity contribution in [1.82, 2.24) is 0 Å². The maximum absolute atomic E-state index is 10.2. The first kappa shape index (κ1) is 34.9. The summed E-state index contributed by atoms with van der Waals surface area (Å²) < 4.78 is 0. The molecule has 0 atom stereocenters. The van der Waals surface area contributed by atoms with E-state index in [9.17, 15) is 19.2 Å². The van der Waals surface area contributed by atoms with E-state index < -0.39 is 23.5 Å². The molecule has 0 aliphatic rings. The second kappa shape index (κ2) is 20.7. The molecule has 0 aliphatic heterocycles. The Balaban J connectivity index is -0.0000000739. The molecule has 0 bridgehead atoms. The Labute approximate surface area is 164 Å². The van der Waals surface area contributed by atoms with Crippen molar-refractivity contribution in [3.8, 4) is 0 Å². The SMILES string of the molecule is CC(=O)[C-](C)C(=O)O.CC(=O)[C-](C)C(=O)O.CC(C)O.CC(C)O.[Ti+2]. The Bertz CT molecular complexity index is 311. The number of carboxylic acid groups (broad SMARTS) is 2. The average molecular weight is 398 g/mol. The van der Waals surface area contributed by atoms with Gasteiger partial charge in [-0.15, -0.1) is 0 Å². The molecule has 0 aromatic rings. The number of hydrogen-bond donors (Lipinski definition) is 4. The van der Waals surface area contributed by atoms with Gasteiger partial charge in [0.05, 0.1) is 0 Å². The van der Waals surface area contributed by atoms with Gasteiger partial charge in [0.15, 0.2) is 11.9 Å². The van der Waals surface area contributed by atoms with E-state index in [1.807, 2.05) is 0 Å². The van der Waals surface area contributed by atoms with Crippen LogP contribution in [0.3, 0.4) is 0 Å². The quantitative estimate of drug-likeness (QED) is 0.314. The molecule has 0 saturated carbocycles. The van der Waals surface area contributed by atoms with Gasteiger partial charge in [-0.3, -0.25) is 9.59 Å². The van der Waals surface area contributed by atoms with Gasteiger partial charge < -0.3 is 30.0 Å². The van der Waals surface area contributed by atoms with E-state index in [0.29, 0.717) is 0 Å². The molecule has 0 rings (SSSR count). The summed E-state index contributed by atoms with van der Waals surface area (Å²) in [4.78, 5) is 40.1. The average Bonchev–Trinajstić information content (AvgIpc) is 2.35. The van der Waals surface area contributed by atoms with Gasteiger partial charge in [0, 0.05) is 23.8 Å². The molecule has 0 saturated heterocycles. The number of aliphatic carboxylic acids is 2. The zero-order chi connectivity index (χ0) is 20.6. The number of carbonyl (C=O) groups excluding carboxylic acids is 2. The summed E-state index contributed by atoms with van der Waals surface area (Å²) in [5.74, 6) is -3.31. The van der Waals surface area contributed by atoms with Gasteiger partial charge in [-0.2, -0.15) is 13.8 Å². The van der Waals surface area contributed by atoms with Crippen LogP contribution >= 0.6 is 0 Å². The molecule has 0 spiro atoms. The molecular formula is C16H30O8Ti. The van der Waals surface area contributed by atoms with Crippen molar-refractivity contribution >= 4 is 23.5 Å². The standard InChI is InChI=1S/2C5H7O3.2C3H8O.Ti/c2*1-3(4(2)6)5(7)8;2*1-3(2)4;/h2*1-2H3,(H,7,8);2*3-4H,1-2H3;/q2*-1;;;+2. The zero-order valence-corrected chi connectivity index (χ0v) is 17.6. The molecule has 0 aliphatic carbocycles. The number of rotatable bonds is 4. The minimum absolute atomic E-state index is 0. The van der Waals surface area contributed by atoms with Crippen LogP contribution in [0.1, 0.15) is 55.4 Å². The summed E-state index contributed by atoms with van der Waals surface area (Å²) >= 11 is 0. The van der Waals surface area contributed by atoms with Crippen LogP contribution in [0.2, 0.25) is 0 Å². The first-order chi connectivity index (χ1) is 10.6. The van der Waals surface area contributed by atoms with Crippen molar-refractivity contribution < 1.29 is 61.3 Å². The predicted molar refractivity (Wildman–Crippen MR) is 89.2 cm³/mol. The third-order valence-corrected chi connectivity index (χ3v) is 1.70. The predicted octanol–water partition coefficient (Wildman–Crippen LogP) is 1.28. The number of Topliss-reactive ketones (excluding diaryl/α,β-unsaturated/α-hetero) is 2. The minimum Gasteiger partial charge on any atom is -0.503 e. The Hall–Kier alpha value is -1.35. The minimum atomic E-state index is -1.14. The van der Waals surface area contributed by atoms with E-state index >= 15 is 0 Å². The Kier molecular flexibility index (Phi) is 28.9. The molecule has 0 aromatic carbocycles. The third-order valence-electron chi connectivity index (χ3n) is 1.70. The topological polar surface area (TPSA) is 149 Å². The van der Waals surface area contributed by atoms with Gasteiger partial charge in [-0.25, -0.2) is 11.8 Å². The van der Waals surface area contributed by atoms with Crippen LogP contribution in [0.15, 0.2) is 0 Å². The summed E-state index contributed by atoms with van der Waals surface area (Å²) in [5, 5.41) is 32.3. The maximum atomic E-state index is 10.2. The molecule has 0 amide bonds. The third kappa shape index (κ3) is 45.0. The Morgan fingerprint density at radius 3 is 0.800 bits per heavy atom. The first-order valence-electron chi connectivity index (χ1n) is 7.09. The first-order valence-corrected chi connectivity index (χ1v) is 7.09. The number of carboxylic acids is 2. The van der Waals surface area contributed by atoms with Gasteiger partial charge >= 0.3 is 21.7 Å². The van der Waals surface area contributed by atoms with E-state index in [1.165, 1.54) is 27.7 Å². The van der Waals surface area contributed by atoms with Crippen molar-refractivity contribution in [2.24, 2.45) is 0 Å². The van der Waals surface area contributed by atoms with Crippen LogP contribution in [0, 0.1) is 11.8 Å². The van der Waals surface area contributed by atoms with Gasteiger partial charge in [0.1, 0.15) is 0 Å². The fraction of sp³-hybridized carbons (Fsp3) is 0.625. The van der Waals surface area contributed by atoms with Crippen molar-refractivity contribution in [2.75, 3.05) is 0 Å². The molecular weight excluding hydrogens is 368 g/mol. The summed E-state index contributed by atoms with van der Waals surface area (Å²) in [6.45, 7) is 11.9. The fourth-order valence-corrected chi connectivity index (χ4v) is 0.301. The van der Waals surface area contributed by atoms with Gasteiger partial charge in [-0.05, 0) is 41.5 Å². The van der Waals surface area contributed by atoms with Gasteiger partial charge in [0.25, 0.3) is 0 Å². The normalized spacial score (nSPS) is 8.16. The number of aliphatic hydroxyl groups is 2. The fourth-order valence-electron chi connectivity index (χ4n) is 0.301. The van der Waals surface area contributed by atoms with Crippen molar-refractivity contribution in [1.29, 1.82) is 0 Å². The molecule has 9 heteroatoms. The number of hydrogen-bond acceptors (Lipinski definition) is 6. The largest absolute Gasteiger partial charge is 2.00 e. The second-order valence-corrected chi connectivity index (χ2v) is 5.16. The molecule has 0 fully saturated rings. The van der Waals surface area contributed by atoms with E-state index in [2.05, 4.69) is 0 Å². The monoisotopic (exact) mass is 398 g/mol. The molecule has 25 heavy (non-hydrogen) atoms. The summed E-state index contributed by atoms with van der Waals surface area (Å²) in [5.41, 5.74) is 0. The summed E-state index contributed by atoms with van der Waals surface area (Å²) in [7, 11) is 0. The number of aliphatic hydroxyl groups excluding tert-OH is 2. The van der Waals surface area contributed by atoms with Crippen LogP contribution in [0.25, 0.3) is 0 Å². The second-order valence-electron chi connectivity index (χ2n) is 5.16. The number of ketones is 2. The molecule has 0 heterocycles. The maximum Gasteiger partial charge on any atom is 2.00 e. The molecule has 4 N–H and O–H groups in total. The molecule has 8 nitrogen and oxygen atoms in total. The molecule has 0 unspecified atom stereocenters. The summed E-state index contributed by atoms with van der Waals surface area (Å²) in [6, 6.07) is 0. The van der Waals surface area contributed by atoms with Crippen LogP contribution in [0.5, 0.6) is 0 Å². The summed E-state index contributed by atoms with van der Waals surface area (Å²) in [6.07, 6.45) is -0.333. The smallest absolute Gasteiger partial charge is 0.503 e. The van der Waals surface area contributed by atoms with Gasteiger partial charge in [0.2, 0.25) is 0 Å². The molecule has 146 valence electrons. The van der Waals surface area contributed by atoms with Crippen molar-refractivity contribution in [2.45, 2.75) is 67.6 Å². The van der Waals surface area contributed by atoms with E-state index in [4.69, 9.17) is 20.4 Å². The molecule has 0 aromatic heterocycles. The van der Waals surface area contributed by atoms with E-state index in [0.717, 1.165) is 0 Å². The number of carbonyl (C=O) groups is 4. The molecule has 0 radical (unpaired) electrons. The van der Waals surface area contributed by atoms with Crippen LogP contribution in [-0.2, 0) is 40.9 Å². The zero-order valence-electron chi connectivity index (χ0n) is 16.1. The van der Waals surface area contributed by atoms with Crippen LogP contribution in [0.4, 0.5) is 0 Å². The Morgan fingerprint density at radius 1 is 0.680 bits per heavy atom. The van der Waals surface area contributed by atoms with E-state index in [1.54, 1.807) is 27.7 Å². The van der Waals surface area contributed by atoms with Crippen LogP contribution in [-0.4, -0.2) is 56.1 Å². The van der Waals surface area contributed by atoms with Gasteiger partial charge in [-0.1, -0.05) is 0 Å². The van der Waals surface area contributed by atoms with Crippen molar-refractivity contribution in [3.05, 3.63) is 11.8 Å². The van der Waals surface area contributed by atoms with Crippen LogP contribution < -0.4 is 0 Å². The Morgan fingerprint density at radius 2 is 0.800 bits per heavy atom. The van der Waals surface area contributed by atoms with E-state index in [-0.39, 0.29) is 45.8 Å². The van der Waals surface area contributed by atoms with Crippen molar-refractivity contribution in [3.63, 3.8) is 0 Å².